The Morgan fingerprint density at radius 1 is 1.28 bits per heavy atom. The maximum absolute atomic E-state index is 12.1. The van der Waals surface area contributed by atoms with Gasteiger partial charge >= 0.3 is 5.97 Å². The Morgan fingerprint density at radius 3 is 2.44 bits per heavy atom. The predicted molar refractivity (Wildman–Crippen MR) is 100 cm³/mol. The van der Waals surface area contributed by atoms with Crippen LogP contribution in [0.2, 0.25) is 0 Å². The molecular formula is C18H29NO5S. The van der Waals surface area contributed by atoms with E-state index in [9.17, 15) is 13.9 Å². The Kier molecular flexibility index (Phi) is 6.04. The van der Waals surface area contributed by atoms with Crippen LogP contribution >= 0.6 is 10.6 Å². The van der Waals surface area contributed by atoms with E-state index in [1.54, 1.807) is 24.3 Å². The van der Waals surface area contributed by atoms with Crippen molar-refractivity contribution in [3.63, 3.8) is 0 Å². The summed E-state index contributed by atoms with van der Waals surface area (Å²) in [5.41, 5.74) is 0.229. The molecule has 1 aliphatic rings. The molecule has 3 N–H and O–H groups in total. The number of carbonyl (C=O) groups is 1. The molecule has 0 saturated carbocycles. The molecule has 0 radical (unpaired) electrons. The van der Waals surface area contributed by atoms with Crippen LogP contribution in [0, 0.1) is 0 Å². The SMILES string of the molecule is CCCC(=O)OC1(c2ccc(OC(C)(C)C)cc2)CNCCS1(O)O. The van der Waals surface area contributed by atoms with E-state index in [2.05, 4.69) is 5.32 Å². The Balaban J connectivity index is 2.37. The first kappa shape index (κ1) is 20.0. The van der Waals surface area contributed by atoms with Gasteiger partial charge in [0.1, 0.15) is 11.4 Å². The highest BCUT2D eigenvalue weighted by molar-refractivity contribution is 8.25. The number of benzene rings is 1. The lowest BCUT2D eigenvalue weighted by Gasteiger charge is -2.52. The lowest BCUT2D eigenvalue weighted by molar-refractivity contribution is -0.153. The van der Waals surface area contributed by atoms with Crippen LogP contribution in [0.3, 0.4) is 0 Å². The van der Waals surface area contributed by atoms with Gasteiger partial charge in [-0.1, -0.05) is 6.92 Å². The van der Waals surface area contributed by atoms with Crippen LogP contribution in [0.1, 0.15) is 46.1 Å². The van der Waals surface area contributed by atoms with Crippen LogP contribution < -0.4 is 10.1 Å². The number of esters is 1. The molecule has 0 aliphatic carbocycles. The van der Waals surface area contributed by atoms with Gasteiger partial charge in [0, 0.05) is 18.5 Å². The number of ether oxygens (including phenoxy) is 2. The standard InChI is InChI=1S/C18H29NO5S/c1-5-6-16(20)24-18(13-19-11-12-25(18,21)22)14-7-9-15(10-8-14)23-17(2,3)4/h7-10,19,21-22H,5-6,11-13H2,1-4H3. The van der Waals surface area contributed by atoms with Crippen LogP contribution in [-0.2, 0) is 14.5 Å². The van der Waals surface area contributed by atoms with Crippen molar-refractivity contribution < 1.29 is 23.4 Å². The summed E-state index contributed by atoms with van der Waals surface area (Å²) in [7, 11) is -3.15. The fourth-order valence-electron chi connectivity index (χ4n) is 2.77. The van der Waals surface area contributed by atoms with Crippen molar-refractivity contribution in [3.8, 4) is 5.75 Å². The molecule has 0 aromatic heterocycles. The molecule has 1 unspecified atom stereocenters. The molecule has 0 bridgehead atoms. The second-order valence-electron chi connectivity index (χ2n) is 7.26. The van der Waals surface area contributed by atoms with Gasteiger partial charge in [-0.15, -0.1) is 0 Å². The third-order valence-corrected chi connectivity index (χ3v) is 6.19. The average Bonchev–Trinajstić information content (AvgIpc) is 2.49. The second kappa shape index (κ2) is 7.53. The largest absolute Gasteiger partial charge is 0.488 e. The van der Waals surface area contributed by atoms with E-state index in [0.29, 0.717) is 24.3 Å². The van der Waals surface area contributed by atoms with Gasteiger partial charge in [-0.2, -0.15) is 10.6 Å². The zero-order chi connectivity index (χ0) is 18.7. The number of hydrogen-bond donors (Lipinski definition) is 3. The quantitative estimate of drug-likeness (QED) is 0.684. The van der Waals surface area contributed by atoms with E-state index in [1.165, 1.54) is 0 Å². The normalized spacial score (nSPS) is 24.4. The monoisotopic (exact) mass is 371 g/mol. The summed E-state index contributed by atoms with van der Waals surface area (Å²) in [5, 5.41) is 3.12. The van der Waals surface area contributed by atoms with Gasteiger partial charge in [0.05, 0.1) is 12.3 Å². The Bertz CT molecular complexity index is 596. The molecule has 6 nitrogen and oxygen atoms in total. The Hall–Kier alpha value is -1.28. The smallest absolute Gasteiger partial charge is 0.308 e. The van der Waals surface area contributed by atoms with E-state index < -0.39 is 21.5 Å². The highest BCUT2D eigenvalue weighted by Gasteiger charge is 2.50. The van der Waals surface area contributed by atoms with Crippen LogP contribution in [0.5, 0.6) is 5.75 Å². The zero-order valence-corrected chi connectivity index (χ0v) is 16.2. The van der Waals surface area contributed by atoms with Crippen molar-refractivity contribution in [1.82, 2.24) is 5.32 Å². The summed E-state index contributed by atoms with van der Waals surface area (Å²) in [4.78, 5) is 10.7. The van der Waals surface area contributed by atoms with E-state index in [1.807, 2.05) is 27.7 Å². The molecule has 1 aliphatic heterocycles. The van der Waals surface area contributed by atoms with E-state index >= 15 is 0 Å². The number of carbonyl (C=O) groups excluding carboxylic acids is 1. The lowest BCUT2D eigenvalue weighted by atomic mass is 10.1. The van der Waals surface area contributed by atoms with Crippen LogP contribution in [-0.4, -0.2) is 39.5 Å². The van der Waals surface area contributed by atoms with Crippen LogP contribution in [0.15, 0.2) is 24.3 Å². The fraction of sp³-hybridized carbons (Fsp3) is 0.611. The van der Waals surface area contributed by atoms with Gasteiger partial charge < -0.3 is 14.8 Å². The maximum atomic E-state index is 12.1. The van der Waals surface area contributed by atoms with Gasteiger partial charge in [-0.25, -0.2) is 0 Å². The molecule has 1 atom stereocenters. The van der Waals surface area contributed by atoms with Gasteiger partial charge in [0.25, 0.3) is 0 Å². The first-order valence-corrected chi connectivity index (χ1v) is 10.3. The first-order valence-electron chi connectivity index (χ1n) is 8.57. The molecule has 1 fully saturated rings. The molecule has 25 heavy (non-hydrogen) atoms. The molecule has 1 heterocycles. The summed E-state index contributed by atoms with van der Waals surface area (Å²) in [5.74, 6) is 0.389. The summed E-state index contributed by atoms with van der Waals surface area (Å²) < 4.78 is 32.9. The highest BCUT2D eigenvalue weighted by atomic mass is 32.3. The summed E-state index contributed by atoms with van der Waals surface area (Å²) in [6, 6.07) is 7.00. The van der Waals surface area contributed by atoms with Crippen LogP contribution in [0.25, 0.3) is 0 Å². The van der Waals surface area contributed by atoms with Crippen molar-refractivity contribution >= 4 is 16.6 Å². The minimum absolute atomic E-state index is 0.145. The lowest BCUT2D eigenvalue weighted by Crippen LogP contribution is -2.52. The second-order valence-corrected chi connectivity index (χ2v) is 9.66. The van der Waals surface area contributed by atoms with Crippen molar-refractivity contribution in [2.45, 2.75) is 51.1 Å². The molecule has 0 spiro atoms. The van der Waals surface area contributed by atoms with Gasteiger partial charge in [-0.3, -0.25) is 13.9 Å². The van der Waals surface area contributed by atoms with Gasteiger partial charge in [0.15, 0.2) is 0 Å². The third kappa shape index (κ3) is 4.67. The molecule has 1 saturated heterocycles. The Morgan fingerprint density at radius 2 is 1.92 bits per heavy atom. The Labute approximate surface area is 151 Å². The zero-order valence-electron chi connectivity index (χ0n) is 15.4. The molecule has 1 aromatic carbocycles. The summed E-state index contributed by atoms with van der Waals surface area (Å²) in [6.45, 7) is 8.39. The van der Waals surface area contributed by atoms with E-state index in [-0.39, 0.29) is 24.3 Å². The average molecular weight is 371 g/mol. The fourth-order valence-corrected chi connectivity index (χ4v) is 4.60. The minimum atomic E-state index is -3.15. The summed E-state index contributed by atoms with van der Waals surface area (Å²) in [6.07, 6.45) is 0.877. The first-order chi connectivity index (χ1) is 11.6. The number of rotatable bonds is 5. The highest BCUT2D eigenvalue weighted by Crippen LogP contribution is 2.60. The minimum Gasteiger partial charge on any atom is -0.488 e. The maximum Gasteiger partial charge on any atom is 0.308 e. The number of nitrogens with one attached hydrogen (secondary N) is 1. The van der Waals surface area contributed by atoms with E-state index in [4.69, 9.17) is 9.47 Å². The van der Waals surface area contributed by atoms with Crippen LogP contribution in [0.4, 0.5) is 0 Å². The molecule has 2 rings (SSSR count). The molecule has 142 valence electrons. The summed E-state index contributed by atoms with van der Waals surface area (Å²) >= 11 is 0. The number of hydrogen-bond acceptors (Lipinski definition) is 6. The van der Waals surface area contributed by atoms with E-state index in [0.717, 1.165) is 0 Å². The predicted octanol–water partition coefficient (Wildman–Crippen LogP) is 3.71. The van der Waals surface area contributed by atoms with Crippen molar-refractivity contribution in [2.24, 2.45) is 0 Å². The molecule has 1 aromatic rings. The third-order valence-electron chi connectivity index (χ3n) is 3.90. The molecule has 0 amide bonds. The van der Waals surface area contributed by atoms with Gasteiger partial charge in [-0.05, 0) is 51.5 Å². The molecule has 7 heteroatoms. The van der Waals surface area contributed by atoms with Crippen molar-refractivity contribution in [3.05, 3.63) is 29.8 Å². The van der Waals surface area contributed by atoms with Crippen molar-refractivity contribution in [2.75, 3.05) is 18.8 Å². The van der Waals surface area contributed by atoms with Gasteiger partial charge in [0.2, 0.25) is 4.93 Å². The van der Waals surface area contributed by atoms with Crippen molar-refractivity contribution in [1.29, 1.82) is 0 Å². The topological polar surface area (TPSA) is 88.0 Å². The molecular weight excluding hydrogens is 342 g/mol.